The summed E-state index contributed by atoms with van der Waals surface area (Å²) in [7, 11) is 0. The maximum Gasteiger partial charge on any atom is 0.292 e. The number of hydrogen-bond acceptors (Lipinski definition) is 4. The number of nitrogen functional groups attached to an aromatic ring is 1. The van der Waals surface area contributed by atoms with Gasteiger partial charge in [-0.25, -0.2) is 0 Å². The summed E-state index contributed by atoms with van der Waals surface area (Å²) >= 11 is 0. The minimum Gasteiger partial charge on any atom is -0.393 e. The maximum atomic E-state index is 11.6. The van der Waals surface area contributed by atoms with Crippen LogP contribution in [-0.2, 0) is 4.79 Å². The second-order valence-electron chi connectivity index (χ2n) is 5.68. The minimum atomic E-state index is -0.468. The largest absolute Gasteiger partial charge is 0.393 e. The lowest BCUT2D eigenvalue weighted by atomic mass is 9.97. The summed E-state index contributed by atoms with van der Waals surface area (Å²) < 4.78 is 0. The zero-order chi connectivity index (χ0) is 16.1. The molecule has 0 atom stereocenters. The zero-order valence-electron chi connectivity index (χ0n) is 12.1. The third-order valence-corrected chi connectivity index (χ3v) is 4.22. The Hall–Kier alpha value is -3.21. The molecule has 0 spiro atoms. The number of nitrogens with zero attached hydrogens (tertiary/aromatic N) is 1. The van der Waals surface area contributed by atoms with Gasteiger partial charge in [-0.15, -0.1) is 0 Å². The third kappa shape index (κ3) is 2.05. The Balaban J connectivity index is 2.17. The number of Topliss-reactive ketones (excluding diaryl/α,β-unsaturated/α-hetero) is 1. The summed E-state index contributed by atoms with van der Waals surface area (Å²) in [6, 6.07) is 10.9. The van der Waals surface area contributed by atoms with Crippen molar-refractivity contribution >= 4 is 50.9 Å². The molecule has 2 N–H and O–H groups in total. The first-order chi connectivity index (χ1) is 11.0. The van der Waals surface area contributed by atoms with E-state index in [0.29, 0.717) is 6.42 Å². The van der Waals surface area contributed by atoms with Crippen molar-refractivity contribution in [1.82, 2.24) is 0 Å². The lowest BCUT2D eigenvalue weighted by molar-refractivity contribution is -0.383. The van der Waals surface area contributed by atoms with Crippen LogP contribution in [0.25, 0.3) is 33.7 Å². The first-order valence-corrected chi connectivity index (χ1v) is 7.18. The van der Waals surface area contributed by atoms with Crippen LogP contribution in [0.2, 0.25) is 0 Å². The first-order valence-electron chi connectivity index (χ1n) is 7.18. The molecule has 0 fully saturated rings. The molecular weight excluding hydrogens is 292 g/mol. The highest BCUT2D eigenvalue weighted by Crippen LogP contribution is 2.31. The molecule has 0 saturated heterocycles. The third-order valence-electron chi connectivity index (χ3n) is 4.22. The summed E-state index contributed by atoms with van der Waals surface area (Å²) in [5, 5.41) is 16.5. The number of ketones is 1. The van der Waals surface area contributed by atoms with Gasteiger partial charge in [0.2, 0.25) is 0 Å². The standard InChI is InChI=1S/C18H12N2O3/c19-17-8-12-2-1-11-5-13-6-14(21)4-3-10(13)7-15(11)16(12)9-18(17)20(22)23/h1-3,5-9H,4,19H2. The van der Waals surface area contributed by atoms with Crippen LogP contribution in [0.5, 0.6) is 0 Å². The molecule has 0 radical (unpaired) electrons. The van der Waals surface area contributed by atoms with Crippen molar-refractivity contribution in [2.45, 2.75) is 6.42 Å². The van der Waals surface area contributed by atoms with Crippen molar-refractivity contribution in [2.75, 3.05) is 5.73 Å². The highest BCUT2D eigenvalue weighted by atomic mass is 16.6. The van der Waals surface area contributed by atoms with Gasteiger partial charge in [-0.1, -0.05) is 18.2 Å². The molecule has 0 heterocycles. The van der Waals surface area contributed by atoms with Gasteiger partial charge in [0.15, 0.2) is 5.78 Å². The number of rotatable bonds is 1. The van der Waals surface area contributed by atoms with Crippen molar-refractivity contribution < 1.29 is 9.72 Å². The van der Waals surface area contributed by atoms with Gasteiger partial charge < -0.3 is 5.73 Å². The molecule has 5 heteroatoms. The van der Waals surface area contributed by atoms with Crippen molar-refractivity contribution in [3.05, 3.63) is 56.9 Å². The Bertz CT molecular complexity index is 1150. The van der Waals surface area contributed by atoms with Crippen molar-refractivity contribution in [2.24, 2.45) is 0 Å². The molecule has 1 aliphatic carbocycles. The fourth-order valence-corrected chi connectivity index (χ4v) is 3.10. The summed E-state index contributed by atoms with van der Waals surface area (Å²) in [6.07, 6.45) is 3.92. The van der Waals surface area contributed by atoms with Crippen LogP contribution in [0.3, 0.4) is 0 Å². The van der Waals surface area contributed by atoms with Gasteiger partial charge in [-0.2, -0.15) is 0 Å². The van der Waals surface area contributed by atoms with Crippen LogP contribution in [-0.4, -0.2) is 10.7 Å². The van der Waals surface area contributed by atoms with Crippen LogP contribution in [0.4, 0.5) is 11.4 Å². The molecule has 0 aliphatic heterocycles. The van der Waals surface area contributed by atoms with E-state index < -0.39 is 4.92 Å². The normalized spacial score (nSPS) is 13.5. The van der Waals surface area contributed by atoms with E-state index in [2.05, 4.69) is 0 Å². The van der Waals surface area contributed by atoms with E-state index in [1.54, 1.807) is 12.1 Å². The van der Waals surface area contributed by atoms with E-state index in [1.807, 2.05) is 30.3 Å². The van der Waals surface area contributed by atoms with Crippen LogP contribution in [0.15, 0.2) is 36.4 Å². The predicted octanol–water partition coefficient (Wildman–Crippen LogP) is 2.02. The number of carbonyl (C=O) groups is 1. The molecule has 0 bridgehead atoms. The monoisotopic (exact) mass is 304 g/mol. The van der Waals surface area contributed by atoms with E-state index in [-0.39, 0.29) is 17.2 Å². The van der Waals surface area contributed by atoms with E-state index in [4.69, 9.17) is 5.73 Å². The Morgan fingerprint density at radius 1 is 1.00 bits per heavy atom. The quantitative estimate of drug-likeness (QED) is 0.322. The number of benzene rings is 3. The first kappa shape index (κ1) is 13.5. The van der Waals surface area contributed by atoms with Crippen molar-refractivity contribution in [3.8, 4) is 0 Å². The van der Waals surface area contributed by atoms with Crippen molar-refractivity contribution in [3.63, 3.8) is 0 Å². The van der Waals surface area contributed by atoms with E-state index in [0.717, 1.165) is 32.0 Å². The molecule has 23 heavy (non-hydrogen) atoms. The zero-order valence-corrected chi connectivity index (χ0v) is 12.1. The Kier molecular flexibility index (Phi) is 2.72. The second-order valence-corrected chi connectivity index (χ2v) is 5.68. The summed E-state index contributed by atoms with van der Waals surface area (Å²) in [4.78, 5) is 22.2. The van der Waals surface area contributed by atoms with Gasteiger partial charge >= 0.3 is 0 Å². The van der Waals surface area contributed by atoms with Crippen LogP contribution >= 0.6 is 0 Å². The Morgan fingerprint density at radius 2 is 1.70 bits per heavy atom. The molecule has 112 valence electrons. The fraction of sp³-hybridized carbons (Fsp3) is 0.0556. The number of fused-ring (bicyclic) bond motifs is 4. The number of anilines is 1. The Morgan fingerprint density at radius 3 is 2.43 bits per heavy atom. The topological polar surface area (TPSA) is 86.2 Å². The maximum absolute atomic E-state index is 11.6. The van der Waals surface area contributed by atoms with E-state index in [1.165, 1.54) is 6.07 Å². The molecule has 0 aromatic heterocycles. The molecule has 1 aliphatic rings. The summed E-state index contributed by atoms with van der Waals surface area (Å²) in [6.45, 7) is 0. The predicted molar refractivity (Wildman–Crippen MR) is 90.3 cm³/mol. The molecule has 0 amide bonds. The van der Waals surface area contributed by atoms with Gasteiger partial charge in [-0.05, 0) is 56.3 Å². The molecule has 3 aromatic rings. The van der Waals surface area contributed by atoms with Crippen LogP contribution < -0.4 is 16.2 Å². The fourth-order valence-electron chi connectivity index (χ4n) is 3.10. The lowest BCUT2D eigenvalue weighted by Gasteiger charge is -2.08. The summed E-state index contributed by atoms with van der Waals surface area (Å²) in [5.41, 5.74) is 5.84. The number of nitro groups is 1. The van der Waals surface area contributed by atoms with Gasteiger partial charge in [0.25, 0.3) is 5.69 Å². The minimum absolute atomic E-state index is 0.0843. The SMILES string of the molecule is Nc1cc2ccc3cc4c(cc3c2cc1[N+](=O)[O-])=CCC(=O)C=4. The van der Waals surface area contributed by atoms with E-state index >= 15 is 0 Å². The molecule has 4 rings (SSSR count). The lowest BCUT2D eigenvalue weighted by Crippen LogP contribution is -2.28. The highest BCUT2D eigenvalue weighted by Gasteiger charge is 2.14. The summed E-state index contributed by atoms with van der Waals surface area (Å²) in [5.74, 6) is 0.0843. The average molecular weight is 304 g/mol. The second kappa shape index (κ2) is 4.64. The highest BCUT2D eigenvalue weighted by molar-refractivity contribution is 6.12. The number of nitrogens with two attached hydrogens (primary N) is 1. The van der Waals surface area contributed by atoms with E-state index in [9.17, 15) is 14.9 Å². The molecule has 3 aromatic carbocycles. The van der Waals surface area contributed by atoms with Gasteiger partial charge in [0.05, 0.1) is 4.92 Å². The van der Waals surface area contributed by atoms with Gasteiger partial charge in [0.1, 0.15) is 5.69 Å². The molecule has 0 unspecified atom stereocenters. The van der Waals surface area contributed by atoms with Gasteiger partial charge in [0, 0.05) is 12.5 Å². The Labute approximate surface area is 130 Å². The number of carbonyl (C=O) groups excluding carboxylic acids is 1. The molecular formula is C18H12N2O3. The number of nitro benzene ring substituents is 1. The average Bonchev–Trinajstić information content (AvgIpc) is 2.52. The number of hydrogen-bond donors (Lipinski definition) is 1. The molecule has 0 saturated carbocycles. The van der Waals surface area contributed by atoms with Crippen LogP contribution in [0.1, 0.15) is 6.42 Å². The van der Waals surface area contributed by atoms with Crippen molar-refractivity contribution in [1.29, 1.82) is 0 Å². The smallest absolute Gasteiger partial charge is 0.292 e. The van der Waals surface area contributed by atoms with Crippen LogP contribution in [0, 0.1) is 10.1 Å². The van der Waals surface area contributed by atoms with Gasteiger partial charge in [-0.3, -0.25) is 14.9 Å². The molecule has 5 nitrogen and oxygen atoms in total.